The summed E-state index contributed by atoms with van der Waals surface area (Å²) < 4.78 is 5.14. The first kappa shape index (κ1) is 12.4. The molecule has 1 aromatic carbocycles. The third kappa shape index (κ3) is 3.43. The van der Waals surface area contributed by atoms with Gasteiger partial charge in [0.2, 0.25) is 0 Å². The first-order valence-electron chi connectivity index (χ1n) is 6.04. The number of hydrogen-bond acceptors (Lipinski definition) is 4. The van der Waals surface area contributed by atoms with Crippen LogP contribution in [0, 0.1) is 0 Å². The van der Waals surface area contributed by atoms with E-state index >= 15 is 0 Å². The van der Waals surface area contributed by atoms with Crippen molar-refractivity contribution in [3.63, 3.8) is 0 Å². The number of rotatable bonds is 3. The number of hydrogen-bond donors (Lipinski definition) is 2. The Kier molecular flexibility index (Phi) is 3.99. The average molecular weight is 235 g/mol. The summed E-state index contributed by atoms with van der Waals surface area (Å²) in [4.78, 5) is 2.32. The standard InChI is InChI=1S/C13H21N3O/c1-17-13-4-2-10(3-5-13)7-16-8-11(14)6-12(15)9-16/h2-5,11-12H,6-9,14-15H2,1H3/t11-,12+. The highest BCUT2D eigenvalue weighted by Crippen LogP contribution is 2.15. The van der Waals surface area contributed by atoms with Crippen LogP contribution in [-0.4, -0.2) is 37.2 Å². The molecule has 1 aliphatic rings. The largest absolute Gasteiger partial charge is 0.497 e. The van der Waals surface area contributed by atoms with Gasteiger partial charge in [0.25, 0.3) is 0 Å². The Hall–Kier alpha value is -1.10. The van der Waals surface area contributed by atoms with Crippen molar-refractivity contribution in [3.8, 4) is 5.75 Å². The summed E-state index contributed by atoms with van der Waals surface area (Å²) in [6, 6.07) is 8.56. The van der Waals surface area contributed by atoms with Gasteiger partial charge in [0, 0.05) is 31.7 Å². The summed E-state index contributed by atoms with van der Waals surface area (Å²) in [6.07, 6.45) is 0.930. The fourth-order valence-electron chi connectivity index (χ4n) is 2.39. The molecular weight excluding hydrogens is 214 g/mol. The maximum atomic E-state index is 5.97. The maximum Gasteiger partial charge on any atom is 0.118 e. The van der Waals surface area contributed by atoms with E-state index in [4.69, 9.17) is 16.2 Å². The van der Waals surface area contributed by atoms with E-state index < -0.39 is 0 Å². The predicted octanol–water partition coefficient (Wildman–Crippen LogP) is 0.556. The van der Waals surface area contributed by atoms with Gasteiger partial charge >= 0.3 is 0 Å². The van der Waals surface area contributed by atoms with Crippen molar-refractivity contribution in [3.05, 3.63) is 29.8 Å². The third-order valence-corrected chi connectivity index (χ3v) is 3.16. The van der Waals surface area contributed by atoms with Gasteiger partial charge in [-0.25, -0.2) is 0 Å². The Morgan fingerprint density at radius 2 is 1.76 bits per heavy atom. The molecule has 2 atom stereocenters. The van der Waals surface area contributed by atoms with Crippen molar-refractivity contribution < 1.29 is 4.74 Å². The van der Waals surface area contributed by atoms with Gasteiger partial charge in [0.1, 0.15) is 5.75 Å². The van der Waals surface area contributed by atoms with Gasteiger partial charge in [-0.05, 0) is 24.1 Å². The highest BCUT2D eigenvalue weighted by Gasteiger charge is 2.22. The zero-order chi connectivity index (χ0) is 12.3. The molecule has 4 nitrogen and oxygen atoms in total. The molecule has 1 fully saturated rings. The molecule has 0 aliphatic carbocycles. The maximum absolute atomic E-state index is 5.97. The molecule has 4 heteroatoms. The van der Waals surface area contributed by atoms with Gasteiger partial charge in [-0.3, -0.25) is 4.90 Å². The topological polar surface area (TPSA) is 64.5 Å². The lowest BCUT2D eigenvalue weighted by Crippen LogP contribution is -2.51. The van der Waals surface area contributed by atoms with Crippen LogP contribution in [-0.2, 0) is 6.54 Å². The highest BCUT2D eigenvalue weighted by atomic mass is 16.5. The molecule has 0 saturated carbocycles. The lowest BCUT2D eigenvalue weighted by atomic mass is 10.0. The summed E-state index contributed by atoms with van der Waals surface area (Å²) in [6.45, 7) is 2.77. The van der Waals surface area contributed by atoms with Crippen LogP contribution in [0.15, 0.2) is 24.3 Å². The second kappa shape index (κ2) is 5.49. The number of nitrogens with zero attached hydrogens (tertiary/aromatic N) is 1. The van der Waals surface area contributed by atoms with Crippen molar-refractivity contribution in [2.45, 2.75) is 25.0 Å². The van der Waals surface area contributed by atoms with Gasteiger partial charge in [-0.15, -0.1) is 0 Å². The molecule has 17 heavy (non-hydrogen) atoms. The molecule has 1 saturated heterocycles. The molecule has 4 N–H and O–H groups in total. The second-order valence-corrected chi connectivity index (χ2v) is 4.80. The monoisotopic (exact) mass is 235 g/mol. The zero-order valence-electron chi connectivity index (χ0n) is 10.3. The fourth-order valence-corrected chi connectivity index (χ4v) is 2.39. The van der Waals surface area contributed by atoms with Crippen LogP contribution in [0.1, 0.15) is 12.0 Å². The van der Waals surface area contributed by atoms with E-state index in [9.17, 15) is 0 Å². The van der Waals surface area contributed by atoms with E-state index in [-0.39, 0.29) is 12.1 Å². The van der Waals surface area contributed by atoms with E-state index in [1.165, 1.54) is 5.56 Å². The van der Waals surface area contributed by atoms with E-state index in [2.05, 4.69) is 17.0 Å². The van der Waals surface area contributed by atoms with E-state index in [0.717, 1.165) is 31.8 Å². The smallest absolute Gasteiger partial charge is 0.118 e. The average Bonchev–Trinajstić information content (AvgIpc) is 2.28. The minimum atomic E-state index is 0.206. The van der Waals surface area contributed by atoms with Gasteiger partial charge in [-0.2, -0.15) is 0 Å². The third-order valence-electron chi connectivity index (χ3n) is 3.16. The van der Waals surface area contributed by atoms with Crippen molar-refractivity contribution >= 4 is 0 Å². The lowest BCUT2D eigenvalue weighted by Gasteiger charge is -2.34. The number of methoxy groups -OCH3 is 1. The molecule has 0 radical (unpaired) electrons. The normalized spacial score (nSPS) is 25.8. The molecule has 0 amide bonds. The van der Waals surface area contributed by atoms with Crippen LogP contribution in [0.4, 0.5) is 0 Å². The quantitative estimate of drug-likeness (QED) is 0.803. The molecular formula is C13H21N3O. The SMILES string of the molecule is COc1ccc(CN2C[C@H](N)C[C@H](N)C2)cc1. The van der Waals surface area contributed by atoms with Gasteiger partial charge in [0.15, 0.2) is 0 Å². The van der Waals surface area contributed by atoms with E-state index in [1.807, 2.05) is 12.1 Å². The first-order chi connectivity index (χ1) is 8.17. The summed E-state index contributed by atoms with van der Waals surface area (Å²) >= 11 is 0. The molecule has 0 aromatic heterocycles. The van der Waals surface area contributed by atoms with Crippen LogP contribution in [0.5, 0.6) is 5.75 Å². The molecule has 94 valence electrons. The highest BCUT2D eigenvalue weighted by molar-refractivity contribution is 5.27. The Balaban J connectivity index is 1.95. The Labute approximate surface area is 103 Å². The van der Waals surface area contributed by atoms with Crippen molar-refractivity contribution in [1.29, 1.82) is 0 Å². The summed E-state index contributed by atoms with van der Waals surface area (Å²) in [7, 11) is 1.68. The number of piperidine rings is 1. The number of likely N-dealkylation sites (tertiary alicyclic amines) is 1. The summed E-state index contributed by atoms with van der Waals surface area (Å²) in [5, 5.41) is 0. The van der Waals surface area contributed by atoms with Crippen LogP contribution >= 0.6 is 0 Å². The minimum Gasteiger partial charge on any atom is -0.497 e. The van der Waals surface area contributed by atoms with E-state index in [1.54, 1.807) is 7.11 Å². The molecule has 2 rings (SSSR count). The summed E-state index contributed by atoms with van der Waals surface area (Å²) in [5.41, 5.74) is 13.2. The molecule has 0 unspecified atom stereocenters. The van der Waals surface area contributed by atoms with Crippen molar-refractivity contribution in [2.24, 2.45) is 11.5 Å². The van der Waals surface area contributed by atoms with Crippen LogP contribution in [0.3, 0.4) is 0 Å². The zero-order valence-corrected chi connectivity index (χ0v) is 10.3. The number of benzene rings is 1. The van der Waals surface area contributed by atoms with Crippen LogP contribution < -0.4 is 16.2 Å². The first-order valence-corrected chi connectivity index (χ1v) is 6.04. The molecule has 0 bridgehead atoms. The number of ether oxygens (including phenoxy) is 1. The fraction of sp³-hybridized carbons (Fsp3) is 0.538. The van der Waals surface area contributed by atoms with Crippen molar-refractivity contribution in [1.82, 2.24) is 4.90 Å². The number of nitrogens with two attached hydrogens (primary N) is 2. The van der Waals surface area contributed by atoms with Gasteiger partial charge in [-0.1, -0.05) is 12.1 Å². The van der Waals surface area contributed by atoms with Crippen molar-refractivity contribution in [2.75, 3.05) is 20.2 Å². The molecule has 0 spiro atoms. The Morgan fingerprint density at radius 1 is 1.18 bits per heavy atom. The van der Waals surface area contributed by atoms with Gasteiger partial charge in [0.05, 0.1) is 7.11 Å². The van der Waals surface area contributed by atoms with Gasteiger partial charge < -0.3 is 16.2 Å². The lowest BCUT2D eigenvalue weighted by molar-refractivity contribution is 0.183. The predicted molar refractivity (Wildman–Crippen MR) is 68.8 cm³/mol. The van der Waals surface area contributed by atoms with Crippen LogP contribution in [0.2, 0.25) is 0 Å². The Bertz CT molecular complexity index is 342. The second-order valence-electron chi connectivity index (χ2n) is 4.80. The van der Waals surface area contributed by atoms with Crippen LogP contribution in [0.25, 0.3) is 0 Å². The summed E-state index contributed by atoms with van der Waals surface area (Å²) in [5.74, 6) is 0.890. The Morgan fingerprint density at radius 3 is 2.29 bits per heavy atom. The van der Waals surface area contributed by atoms with E-state index in [0.29, 0.717) is 0 Å². The minimum absolute atomic E-state index is 0.206. The molecule has 1 aliphatic heterocycles. The molecule has 1 heterocycles. The molecule has 1 aromatic rings.